The lowest BCUT2D eigenvalue weighted by atomic mass is 10.1. The van der Waals surface area contributed by atoms with E-state index in [1.54, 1.807) is 11.1 Å². The number of hydrogen-bond acceptors (Lipinski definition) is 4. The van der Waals surface area contributed by atoms with Crippen molar-refractivity contribution in [1.29, 1.82) is 0 Å². The number of ether oxygens (including phenoxy) is 1. The van der Waals surface area contributed by atoms with Gasteiger partial charge in [0.2, 0.25) is 0 Å². The van der Waals surface area contributed by atoms with Crippen LogP contribution in [0.3, 0.4) is 0 Å². The third-order valence-corrected chi connectivity index (χ3v) is 3.89. The standard InChI is InChI=1S/C16H18F2N4O2/c17-16(18)22-9-6-14(20-22)15(23)21-8-3-5-13(10-21)24-11-12-4-1-2-7-19-12/h1-2,4,6-7,9,13,16H,3,5,8,10-11H2/t13-/m1/s1. The maximum absolute atomic E-state index is 12.6. The monoisotopic (exact) mass is 336 g/mol. The second-order valence-electron chi connectivity index (χ2n) is 5.61. The zero-order chi connectivity index (χ0) is 16.9. The SMILES string of the molecule is O=C(c1ccn(C(F)F)n1)N1CCC[C@@H](OCc2ccccn2)C1. The number of hydrogen-bond donors (Lipinski definition) is 0. The fraction of sp³-hybridized carbons (Fsp3) is 0.438. The maximum Gasteiger partial charge on any atom is 0.333 e. The van der Waals surface area contributed by atoms with Crippen molar-refractivity contribution < 1.29 is 18.3 Å². The fourth-order valence-electron chi connectivity index (χ4n) is 2.67. The Labute approximate surface area is 138 Å². The lowest BCUT2D eigenvalue weighted by molar-refractivity contribution is -0.00814. The molecule has 24 heavy (non-hydrogen) atoms. The van der Waals surface area contributed by atoms with Gasteiger partial charge < -0.3 is 9.64 Å². The van der Waals surface area contributed by atoms with E-state index in [9.17, 15) is 13.6 Å². The smallest absolute Gasteiger partial charge is 0.333 e. The van der Waals surface area contributed by atoms with E-state index in [2.05, 4.69) is 10.1 Å². The molecule has 1 aliphatic rings. The van der Waals surface area contributed by atoms with Gasteiger partial charge in [-0.2, -0.15) is 13.9 Å². The van der Waals surface area contributed by atoms with E-state index in [4.69, 9.17) is 4.74 Å². The number of alkyl halides is 2. The molecule has 0 aromatic carbocycles. The molecule has 2 aromatic heterocycles. The van der Waals surface area contributed by atoms with Crippen LogP contribution < -0.4 is 0 Å². The van der Waals surface area contributed by atoms with Crippen molar-refractivity contribution in [3.05, 3.63) is 48.0 Å². The second kappa shape index (κ2) is 7.48. The summed E-state index contributed by atoms with van der Waals surface area (Å²) in [5, 5.41) is 3.63. The second-order valence-corrected chi connectivity index (χ2v) is 5.61. The van der Waals surface area contributed by atoms with Crippen LogP contribution in [0.25, 0.3) is 0 Å². The highest BCUT2D eigenvalue weighted by Crippen LogP contribution is 2.17. The van der Waals surface area contributed by atoms with Gasteiger partial charge in [-0.25, -0.2) is 4.68 Å². The molecular formula is C16H18F2N4O2. The molecule has 3 heterocycles. The molecule has 8 heteroatoms. The van der Waals surface area contributed by atoms with Crippen molar-refractivity contribution in [1.82, 2.24) is 19.7 Å². The number of piperidine rings is 1. The fourth-order valence-corrected chi connectivity index (χ4v) is 2.67. The molecule has 0 spiro atoms. The molecule has 3 rings (SSSR count). The van der Waals surface area contributed by atoms with Crippen molar-refractivity contribution in [2.75, 3.05) is 13.1 Å². The number of rotatable bonds is 5. The first kappa shape index (κ1) is 16.5. The first-order valence-corrected chi connectivity index (χ1v) is 7.77. The van der Waals surface area contributed by atoms with Crippen LogP contribution in [0.5, 0.6) is 0 Å². The lowest BCUT2D eigenvalue weighted by Gasteiger charge is -2.32. The van der Waals surface area contributed by atoms with E-state index < -0.39 is 6.55 Å². The molecule has 0 N–H and O–H groups in total. The number of carbonyl (C=O) groups is 1. The van der Waals surface area contributed by atoms with E-state index in [1.165, 1.54) is 6.07 Å². The zero-order valence-electron chi connectivity index (χ0n) is 13.0. The van der Waals surface area contributed by atoms with Crippen LogP contribution in [0.2, 0.25) is 0 Å². The Bertz CT molecular complexity index is 678. The Balaban J connectivity index is 1.57. The highest BCUT2D eigenvalue weighted by Gasteiger charge is 2.26. The quantitative estimate of drug-likeness (QED) is 0.842. The van der Waals surface area contributed by atoms with Gasteiger partial charge >= 0.3 is 6.55 Å². The summed E-state index contributed by atoms with van der Waals surface area (Å²) in [6.07, 6.45) is 4.36. The average Bonchev–Trinajstić information content (AvgIpc) is 3.11. The summed E-state index contributed by atoms with van der Waals surface area (Å²) in [7, 11) is 0. The van der Waals surface area contributed by atoms with Crippen LogP contribution in [0.15, 0.2) is 36.7 Å². The predicted molar refractivity (Wildman–Crippen MR) is 81.4 cm³/mol. The minimum absolute atomic E-state index is 0.0284. The Morgan fingerprint density at radius 1 is 1.38 bits per heavy atom. The minimum Gasteiger partial charge on any atom is -0.370 e. The predicted octanol–water partition coefficient (Wildman–Crippen LogP) is 2.49. The number of aromatic nitrogens is 3. The number of likely N-dealkylation sites (tertiary alicyclic amines) is 1. The molecule has 0 radical (unpaired) electrons. The van der Waals surface area contributed by atoms with Gasteiger partial charge in [0.1, 0.15) is 0 Å². The van der Waals surface area contributed by atoms with Gasteiger partial charge in [-0.15, -0.1) is 0 Å². The summed E-state index contributed by atoms with van der Waals surface area (Å²) in [5.41, 5.74) is 0.859. The molecule has 1 amide bonds. The van der Waals surface area contributed by atoms with Crippen LogP contribution in [0, 0.1) is 0 Å². The summed E-state index contributed by atoms with van der Waals surface area (Å²) in [6, 6.07) is 6.92. The van der Waals surface area contributed by atoms with E-state index >= 15 is 0 Å². The van der Waals surface area contributed by atoms with Crippen LogP contribution >= 0.6 is 0 Å². The van der Waals surface area contributed by atoms with Gasteiger partial charge in [0, 0.05) is 25.5 Å². The number of carbonyl (C=O) groups excluding carboxylic acids is 1. The Hall–Kier alpha value is -2.35. The van der Waals surface area contributed by atoms with E-state index in [0.717, 1.165) is 24.7 Å². The van der Waals surface area contributed by atoms with Gasteiger partial charge in [-0.3, -0.25) is 9.78 Å². The van der Waals surface area contributed by atoms with Crippen LogP contribution in [0.4, 0.5) is 8.78 Å². The molecule has 1 fully saturated rings. The highest BCUT2D eigenvalue weighted by molar-refractivity contribution is 5.92. The normalized spacial score (nSPS) is 18.1. The van der Waals surface area contributed by atoms with Gasteiger partial charge in [0.25, 0.3) is 5.91 Å². The molecule has 0 aliphatic carbocycles. The number of nitrogens with zero attached hydrogens (tertiary/aromatic N) is 4. The van der Waals surface area contributed by atoms with Crippen LogP contribution in [-0.2, 0) is 11.3 Å². The Morgan fingerprint density at radius 2 is 2.25 bits per heavy atom. The molecule has 6 nitrogen and oxygen atoms in total. The Morgan fingerprint density at radius 3 is 2.96 bits per heavy atom. The number of amides is 1. The van der Waals surface area contributed by atoms with Crippen molar-refractivity contribution in [3.8, 4) is 0 Å². The molecule has 0 bridgehead atoms. The van der Waals surface area contributed by atoms with Crippen LogP contribution in [-0.4, -0.2) is 44.8 Å². The molecule has 1 atom stereocenters. The Kier molecular flexibility index (Phi) is 5.14. The molecule has 0 unspecified atom stereocenters. The van der Waals surface area contributed by atoms with Crippen molar-refractivity contribution in [2.45, 2.75) is 32.1 Å². The molecule has 1 aliphatic heterocycles. The van der Waals surface area contributed by atoms with Crippen molar-refractivity contribution in [3.63, 3.8) is 0 Å². The van der Waals surface area contributed by atoms with E-state index in [-0.39, 0.29) is 17.7 Å². The largest absolute Gasteiger partial charge is 0.370 e. The summed E-state index contributed by atoms with van der Waals surface area (Å²) >= 11 is 0. The molecule has 1 saturated heterocycles. The van der Waals surface area contributed by atoms with Crippen LogP contribution in [0.1, 0.15) is 35.6 Å². The third kappa shape index (κ3) is 3.94. The first-order valence-electron chi connectivity index (χ1n) is 7.77. The minimum atomic E-state index is -2.75. The number of halogens is 2. The van der Waals surface area contributed by atoms with Gasteiger partial charge in [-0.05, 0) is 31.0 Å². The zero-order valence-corrected chi connectivity index (χ0v) is 13.0. The molecule has 2 aromatic rings. The topological polar surface area (TPSA) is 60.2 Å². The molecule has 0 saturated carbocycles. The molecular weight excluding hydrogens is 318 g/mol. The number of pyridine rings is 1. The lowest BCUT2D eigenvalue weighted by Crippen LogP contribution is -2.43. The summed E-state index contributed by atoms with van der Waals surface area (Å²) < 4.78 is 31.4. The molecule has 128 valence electrons. The van der Waals surface area contributed by atoms with E-state index in [1.807, 2.05) is 18.2 Å². The average molecular weight is 336 g/mol. The summed E-state index contributed by atoms with van der Waals surface area (Å²) in [4.78, 5) is 18.2. The first-order chi connectivity index (χ1) is 11.6. The summed E-state index contributed by atoms with van der Waals surface area (Å²) in [6.45, 7) is -1.37. The van der Waals surface area contributed by atoms with Crippen molar-refractivity contribution >= 4 is 5.91 Å². The third-order valence-electron chi connectivity index (χ3n) is 3.89. The van der Waals surface area contributed by atoms with E-state index in [0.29, 0.717) is 24.4 Å². The maximum atomic E-state index is 12.6. The van der Waals surface area contributed by atoms with Gasteiger partial charge in [-0.1, -0.05) is 6.07 Å². The van der Waals surface area contributed by atoms with Gasteiger partial charge in [0.05, 0.1) is 18.4 Å². The highest BCUT2D eigenvalue weighted by atomic mass is 19.3. The van der Waals surface area contributed by atoms with Gasteiger partial charge in [0.15, 0.2) is 5.69 Å². The van der Waals surface area contributed by atoms with Crippen molar-refractivity contribution in [2.24, 2.45) is 0 Å². The summed E-state index contributed by atoms with van der Waals surface area (Å²) in [5.74, 6) is -0.347.